The van der Waals surface area contributed by atoms with Crippen LogP contribution in [0.15, 0.2) is 41.0 Å². The molecule has 10 heteroatoms. The van der Waals surface area contributed by atoms with Gasteiger partial charge in [-0.1, -0.05) is 6.07 Å². The number of halogens is 2. The third kappa shape index (κ3) is 6.99. The van der Waals surface area contributed by atoms with Crippen molar-refractivity contribution in [3.05, 3.63) is 63.5 Å². The number of nitrogens with one attached hydrogen (secondary N) is 2. The molecule has 2 aliphatic rings. The van der Waals surface area contributed by atoms with Gasteiger partial charge in [0.25, 0.3) is 0 Å². The molecule has 0 unspecified atom stereocenters. The molecule has 0 radical (unpaired) electrons. The van der Waals surface area contributed by atoms with Gasteiger partial charge in [-0.15, -0.1) is 0 Å². The van der Waals surface area contributed by atoms with Crippen molar-refractivity contribution in [2.45, 2.75) is 52.2 Å². The number of aryl methyl sites for hydroxylation is 2. The van der Waals surface area contributed by atoms with Gasteiger partial charge in [-0.25, -0.2) is 9.37 Å². The third-order valence-electron chi connectivity index (χ3n) is 8.29. The molecule has 2 saturated heterocycles. The van der Waals surface area contributed by atoms with E-state index < -0.39 is 11.4 Å². The van der Waals surface area contributed by atoms with Gasteiger partial charge in [-0.05, 0) is 98.9 Å². The van der Waals surface area contributed by atoms with E-state index in [1.807, 2.05) is 0 Å². The second-order valence-corrected chi connectivity index (χ2v) is 12.8. The number of aliphatic hydroxyl groups is 1. The highest BCUT2D eigenvalue weighted by Crippen LogP contribution is 2.34. The monoisotopic (exact) mass is 625 g/mol. The molecule has 3 aromatic rings. The Morgan fingerprint density at radius 2 is 1.66 bits per heavy atom. The highest BCUT2D eigenvalue weighted by molar-refractivity contribution is 9.10. The molecule has 5 rings (SSSR count). The molecular weight excluding hydrogens is 585 g/mol. The fourth-order valence-corrected chi connectivity index (χ4v) is 6.14. The van der Waals surface area contributed by atoms with Crippen LogP contribution in [0.2, 0.25) is 0 Å². The summed E-state index contributed by atoms with van der Waals surface area (Å²) in [6, 6.07) is 9.38. The van der Waals surface area contributed by atoms with Crippen LogP contribution in [0.4, 0.5) is 33.2 Å². The molecule has 0 saturated carbocycles. The summed E-state index contributed by atoms with van der Waals surface area (Å²) in [6.07, 6.45) is 4.05. The fraction of sp³-hybridized carbons (Fsp3) is 0.484. The van der Waals surface area contributed by atoms with Crippen molar-refractivity contribution in [3.63, 3.8) is 0 Å². The second-order valence-electron chi connectivity index (χ2n) is 11.9. The first-order valence-corrected chi connectivity index (χ1v) is 15.1. The van der Waals surface area contributed by atoms with Gasteiger partial charge in [-0.2, -0.15) is 4.98 Å². The smallest absolute Gasteiger partial charge is 0.229 e. The van der Waals surface area contributed by atoms with E-state index in [1.54, 1.807) is 26.1 Å². The molecule has 0 atom stereocenters. The number of rotatable bonds is 7. The van der Waals surface area contributed by atoms with Crippen LogP contribution in [0.3, 0.4) is 0 Å². The molecule has 0 bridgehead atoms. The van der Waals surface area contributed by atoms with Crippen molar-refractivity contribution in [2.24, 2.45) is 0 Å². The lowest BCUT2D eigenvalue weighted by Crippen LogP contribution is -2.52. The molecule has 0 aliphatic carbocycles. The second kappa shape index (κ2) is 12.2. The van der Waals surface area contributed by atoms with E-state index in [-0.39, 0.29) is 0 Å². The molecule has 3 N–H and O–H groups in total. The average molecular weight is 627 g/mol. The molecule has 2 aliphatic heterocycles. The summed E-state index contributed by atoms with van der Waals surface area (Å²) < 4.78 is 14.7. The summed E-state index contributed by atoms with van der Waals surface area (Å²) in [5.41, 5.74) is 4.39. The molecular formula is C31H41BrFN7O. The minimum atomic E-state index is -1.16. The maximum Gasteiger partial charge on any atom is 0.229 e. The highest BCUT2D eigenvalue weighted by Gasteiger charge is 2.27. The summed E-state index contributed by atoms with van der Waals surface area (Å²) in [4.78, 5) is 16.7. The Morgan fingerprint density at radius 3 is 2.34 bits per heavy atom. The lowest BCUT2D eigenvalue weighted by molar-refractivity contribution is 0.0793. The van der Waals surface area contributed by atoms with Crippen LogP contribution in [-0.4, -0.2) is 77.2 Å². The average Bonchev–Trinajstić information content (AvgIpc) is 2.92. The molecule has 41 heavy (non-hydrogen) atoms. The molecule has 2 fully saturated rings. The van der Waals surface area contributed by atoms with Crippen LogP contribution in [0.25, 0.3) is 0 Å². The lowest BCUT2D eigenvalue weighted by atomic mass is 9.96. The van der Waals surface area contributed by atoms with E-state index in [0.29, 0.717) is 33.5 Å². The standard InChI is InChI=1S/C31H41BrFN7O/c1-20-17-28(40-10-8-23(9-11-40)39-14-12-38(5)13-15-39)21(2)16-26(20)36-30-34-19-25(32)29(37-30)35-27-18-22(33)6-7-24(27)31(3,4)41/h6-7,16-19,23,41H,8-15H2,1-5H3,(H2,34,35,36,37). The van der Waals surface area contributed by atoms with Crippen molar-refractivity contribution in [1.82, 2.24) is 19.8 Å². The number of hydrogen-bond donors (Lipinski definition) is 3. The van der Waals surface area contributed by atoms with Crippen molar-refractivity contribution in [2.75, 3.05) is 61.8 Å². The van der Waals surface area contributed by atoms with Gasteiger partial charge >= 0.3 is 0 Å². The molecule has 0 spiro atoms. The van der Waals surface area contributed by atoms with Gasteiger partial charge in [0.15, 0.2) is 0 Å². The first-order valence-electron chi connectivity index (χ1n) is 14.4. The van der Waals surface area contributed by atoms with Gasteiger partial charge in [-0.3, -0.25) is 4.90 Å². The van der Waals surface area contributed by atoms with Crippen LogP contribution < -0.4 is 15.5 Å². The zero-order valence-corrected chi connectivity index (χ0v) is 26.2. The molecule has 1 aromatic heterocycles. The fourth-order valence-electron chi connectivity index (χ4n) is 5.85. The van der Waals surface area contributed by atoms with Crippen molar-refractivity contribution >= 4 is 44.8 Å². The van der Waals surface area contributed by atoms with E-state index in [4.69, 9.17) is 0 Å². The van der Waals surface area contributed by atoms with Gasteiger partial charge in [0.05, 0.1) is 10.1 Å². The van der Waals surface area contributed by atoms with Crippen LogP contribution >= 0.6 is 15.9 Å². The zero-order valence-electron chi connectivity index (χ0n) is 24.6. The topological polar surface area (TPSA) is 79.8 Å². The summed E-state index contributed by atoms with van der Waals surface area (Å²) >= 11 is 3.50. The van der Waals surface area contributed by atoms with Crippen LogP contribution in [0.5, 0.6) is 0 Å². The van der Waals surface area contributed by atoms with Crippen LogP contribution in [-0.2, 0) is 5.60 Å². The Kier molecular flexibility index (Phi) is 8.84. The maximum atomic E-state index is 14.1. The van der Waals surface area contributed by atoms with Gasteiger partial charge < -0.3 is 25.5 Å². The van der Waals surface area contributed by atoms with Crippen molar-refractivity contribution in [3.8, 4) is 0 Å². The minimum Gasteiger partial charge on any atom is -0.386 e. The summed E-state index contributed by atoms with van der Waals surface area (Å²) in [6.45, 7) is 14.4. The van der Waals surface area contributed by atoms with Crippen molar-refractivity contribution < 1.29 is 9.50 Å². The predicted octanol–water partition coefficient (Wildman–Crippen LogP) is 5.93. The van der Waals surface area contributed by atoms with E-state index in [0.717, 1.165) is 24.3 Å². The molecule has 3 heterocycles. The Balaban J connectivity index is 1.29. The number of nitrogens with zero attached hydrogens (tertiary/aromatic N) is 5. The highest BCUT2D eigenvalue weighted by atomic mass is 79.9. The third-order valence-corrected chi connectivity index (χ3v) is 8.87. The lowest BCUT2D eigenvalue weighted by Gasteiger charge is -2.43. The normalized spacial score (nSPS) is 17.6. The number of aromatic nitrogens is 2. The molecule has 0 amide bonds. The number of benzene rings is 2. The Bertz CT molecular complexity index is 1380. The van der Waals surface area contributed by atoms with Gasteiger partial charge in [0, 0.05) is 74.1 Å². The Labute approximate surface area is 251 Å². The predicted molar refractivity (Wildman–Crippen MR) is 168 cm³/mol. The molecule has 2 aromatic carbocycles. The maximum absolute atomic E-state index is 14.1. The first-order chi connectivity index (χ1) is 19.5. The van der Waals surface area contributed by atoms with Gasteiger partial charge in [0.1, 0.15) is 11.6 Å². The van der Waals surface area contributed by atoms with Crippen molar-refractivity contribution in [1.29, 1.82) is 0 Å². The van der Waals surface area contributed by atoms with E-state index in [9.17, 15) is 9.50 Å². The SMILES string of the molecule is Cc1cc(N2CCC(N3CCN(C)CC3)CC2)c(C)cc1Nc1ncc(Br)c(Nc2cc(F)ccc2C(C)(C)O)n1. The quantitative estimate of drug-likeness (QED) is 0.298. The Morgan fingerprint density at radius 1 is 0.951 bits per heavy atom. The molecule has 220 valence electrons. The van der Waals surface area contributed by atoms with Crippen LogP contribution in [0, 0.1) is 19.7 Å². The van der Waals surface area contributed by atoms with E-state index in [1.165, 1.54) is 62.4 Å². The summed E-state index contributed by atoms with van der Waals surface area (Å²) in [5, 5.41) is 17.1. The minimum absolute atomic E-state index is 0.404. The number of piperidine rings is 1. The van der Waals surface area contributed by atoms with E-state index >= 15 is 0 Å². The zero-order chi connectivity index (χ0) is 29.3. The number of piperazine rings is 1. The van der Waals surface area contributed by atoms with Gasteiger partial charge in [0.2, 0.25) is 5.95 Å². The van der Waals surface area contributed by atoms with Crippen LogP contribution in [0.1, 0.15) is 43.4 Å². The van der Waals surface area contributed by atoms with E-state index in [2.05, 4.69) is 84.3 Å². The largest absolute Gasteiger partial charge is 0.386 e. The molecule has 8 nitrogen and oxygen atoms in total. The summed E-state index contributed by atoms with van der Waals surface area (Å²) in [5.74, 6) is 0.478. The number of likely N-dealkylation sites (N-methyl/N-ethyl adjacent to an activating group) is 1. The number of anilines is 5. The Hall–Kier alpha value is -2.79. The summed E-state index contributed by atoms with van der Waals surface area (Å²) in [7, 11) is 2.21. The first kappa shape index (κ1) is 29.7. The number of hydrogen-bond acceptors (Lipinski definition) is 8.